The summed E-state index contributed by atoms with van der Waals surface area (Å²) in [5.74, 6) is 2.99. The number of hydrogen-bond donors (Lipinski definition) is 1. The van der Waals surface area contributed by atoms with Crippen molar-refractivity contribution in [3.05, 3.63) is 0 Å². The highest BCUT2D eigenvalue weighted by molar-refractivity contribution is 5.94. The van der Waals surface area contributed by atoms with Crippen molar-refractivity contribution in [3.63, 3.8) is 0 Å². The molecule has 0 aromatic heterocycles. The third kappa shape index (κ3) is 6.59. The van der Waals surface area contributed by atoms with E-state index in [4.69, 9.17) is 14.6 Å². The predicted octanol–water partition coefficient (Wildman–Crippen LogP) is 0.505. The molecule has 0 saturated heterocycles. The first kappa shape index (κ1) is 15.5. The number of ether oxygens (including phenoxy) is 2. The van der Waals surface area contributed by atoms with Crippen LogP contribution in [0, 0.1) is 17.8 Å². The Kier molecular flexibility index (Phi) is 8.79. The quantitative estimate of drug-likeness (QED) is 0.417. The van der Waals surface area contributed by atoms with Gasteiger partial charge < -0.3 is 14.6 Å². The maximum Gasteiger partial charge on any atom is 0.320 e. The largest absolute Gasteiger partial charge is 0.465 e. The number of aliphatic hydroxyl groups is 1. The molecule has 0 unspecified atom stereocenters. The minimum absolute atomic E-state index is 0.219. The van der Waals surface area contributed by atoms with Crippen molar-refractivity contribution < 1.29 is 24.2 Å². The van der Waals surface area contributed by atoms with Crippen LogP contribution in [0.25, 0.3) is 0 Å². The van der Waals surface area contributed by atoms with Gasteiger partial charge in [0.25, 0.3) is 0 Å². The van der Waals surface area contributed by atoms with Crippen LogP contribution in [0.3, 0.4) is 0 Å². The van der Waals surface area contributed by atoms with Crippen molar-refractivity contribution in [2.24, 2.45) is 5.92 Å². The molecule has 0 fully saturated rings. The lowest BCUT2D eigenvalue weighted by Gasteiger charge is -2.12. The average molecular weight is 242 g/mol. The lowest BCUT2D eigenvalue weighted by atomic mass is 10.0. The van der Waals surface area contributed by atoms with E-state index >= 15 is 0 Å². The minimum atomic E-state index is -0.928. The molecular weight excluding hydrogens is 224 g/mol. The maximum atomic E-state index is 11.5. The number of aliphatic hydroxyl groups excluding tert-OH is 1. The summed E-state index contributed by atoms with van der Waals surface area (Å²) in [7, 11) is 0. The highest BCUT2D eigenvalue weighted by Gasteiger charge is 2.28. The normalized spacial score (nSPS) is 9.41. The molecule has 0 heterocycles. The highest BCUT2D eigenvalue weighted by atomic mass is 16.6. The number of carbonyl (C=O) groups excluding carboxylic acids is 2. The summed E-state index contributed by atoms with van der Waals surface area (Å²) in [5.41, 5.74) is 0. The SMILES string of the molecule is CCOC(=O)C(CCC#CCO)C(=O)OCC. The third-order valence-electron chi connectivity index (χ3n) is 1.90. The van der Waals surface area contributed by atoms with E-state index in [1.54, 1.807) is 13.8 Å². The number of rotatable bonds is 6. The topological polar surface area (TPSA) is 72.8 Å². The van der Waals surface area contributed by atoms with Crippen molar-refractivity contribution in [2.75, 3.05) is 19.8 Å². The van der Waals surface area contributed by atoms with E-state index in [1.807, 2.05) is 0 Å². The summed E-state index contributed by atoms with van der Waals surface area (Å²) in [6.07, 6.45) is 0.577. The molecule has 5 nitrogen and oxygen atoms in total. The van der Waals surface area contributed by atoms with Crippen molar-refractivity contribution in [1.29, 1.82) is 0 Å². The Bertz CT molecular complexity index is 282. The number of esters is 2. The number of hydrogen-bond acceptors (Lipinski definition) is 5. The molecule has 0 bridgehead atoms. The summed E-state index contributed by atoms with van der Waals surface area (Å²) in [5, 5.41) is 8.46. The molecule has 0 spiro atoms. The third-order valence-corrected chi connectivity index (χ3v) is 1.90. The summed E-state index contributed by atoms with van der Waals surface area (Å²) in [6, 6.07) is 0. The second-order valence-electron chi connectivity index (χ2n) is 3.11. The zero-order valence-corrected chi connectivity index (χ0v) is 10.2. The van der Waals surface area contributed by atoms with Gasteiger partial charge in [0.2, 0.25) is 0 Å². The fourth-order valence-electron chi connectivity index (χ4n) is 1.18. The molecule has 17 heavy (non-hydrogen) atoms. The van der Waals surface area contributed by atoms with E-state index < -0.39 is 17.9 Å². The second-order valence-corrected chi connectivity index (χ2v) is 3.11. The minimum Gasteiger partial charge on any atom is -0.465 e. The molecule has 0 amide bonds. The van der Waals surface area contributed by atoms with Crippen LogP contribution in [0.5, 0.6) is 0 Å². The first-order valence-electron chi connectivity index (χ1n) is 5.57. The first-order chi connectivity index (χ1) is 8.17. The second kappa shape index (κ2) is 9.67. The van der Waals surface area contributed by atoms with Crippen LogP contribution in [0.15, 0.2) is 0 Å². The Morgan fingerprint density at radius 1 is 1.12 bits per heavy atom. The summed E-state index contributed by atoms with van der Waals surface area (Å²) >= 11 is 0. The molecule has 0 aromatic rings. The van der Waals surface area contributed by atoms with Crippen LogP contribution < -0.4 is 0 Å². The Hall–Kier alpha value is -1.54. The van der Waals surface area contributed by atoms with Crippen molar-refractivity contribution in [1.82, 2.24) is 0 Å². The molecule has 0 atom stereocenters. The van der Waals surface area contributed by atoms with E-state index in [-0.39, 0.29) is 26.2 Å². The average Bonchev–Trinajstić information content (AvgIpc) is 2.29. The van der Waals surface area contributed by atoms with Gasteiger partial charge in [0.1, 0.15) is 6.61 Å². The molecule has 0 radical (unpaired) electrons. The van der Waals surface area contributed by atoms with E-state index in [9.17, 15) is 9.59 Å². The summed E-state index contributed by atoms with van der Waals surface area (Å²) in [6.45, 7) is 3.55. The zero-order chi connectivity index (χ0) is 13.1. The molecular formula is C12H18O5. The Morgan fingerprint density at radius 3 is 2.06 bits per heavy atom. The van der Waals surface area contributed by atoms with Crippen LogP contribution >= 0.6 is 0 Å². The zero-order valence-electron chi connectivity index (χ0n) is 10.2. The molecule has 0 aliphatic carbocycles. The fraction of sp³-hybridized carbons (Fsp3) is 0.667. The van der Waals surface area contributed by atoms with Crippen LogP contribution in [0.4, 0.5) is 0 Å². The van der Waals surface area contributed by atoms with Gasteiger partial charge in [-0.15, -0.1) is 5.92 Å². The van der Waals surface area contributed by atoms with E-state index in [1.165, 1.54) is 0 Å². The van der Waals surface area contributed by atoms with Gasteiger partial charge >= 0.3 is 11.9 Å². The lowest BCUT2D eigenvalue weighted by Crippen LogP contribution is -2.28. The summed E-state index contributed by atoms with van der Waals surface area (Å²) < 4.78 is 9.58. The molecule has 5 heteroatoms. The molecule has 96 valence electrons. The molecule has 0 aliphatic rings. The van der Waals surface area contributed by atoms with Crippen LogP contribution in [-0.4, -0.2) is 36.9 Å². The van der Waals surface area contributed by atoms with E-state index in [2.05, 4.69) is 11.8 Å². The number of carbonyl (C=O) groups is 2. The van der Waals surface area contributed by atoms with Gasteiger partial charge in [-0.3, -0.25) is 9.59 Å². The predicted molar refractivity (Wildman–Crippen MR) is 60.9 cm³/mol. The van der Waals surface area contributed by atoms with Gasteiger partial charge in [-0.1, -0.05) is 5.92 Å². The fourth-order valence-corrected chi connectivity index (χ4v) is 1.18. The molecule has 0 aliphatic heterocycles. The standard InChI is InChI=1S/C12H18O5/c1-3-16-11(14)10(12(15)17-4-2)8-6-5-7-9-13/h10,13H,3-4,6,8-9H2,1-2H3. The van der Waals surface area contributed by atoms with Crippen molar-refractivity contribution >= 4 is 11.9 Å². The van der Waals surface area contributed by atoms with Gasteiger partial charge in [0.05, 0.1) is 13.2 Å². The Balaban J connectivity index is 4.39. The molecule has 0 saturated carbocycles. The van der Waals surface area contributed by atoms with E-state index in [0.717, 1.165) is 0 Å². The smallest absolute Gasteiger partial charge is 0.320 e. The molecule has 0 aromatic carbocycles. The van der Waals surface area contributed by atoms with Gasteiger partial charge in [-0.2, -0.15) is 0 Å². The van der Waals surface area contributed by atoms with Crippen LogP contribution in [-0.2, 0) is 19.1 Å². The molecule has 0 rings (SSSR count). The van der Waals surface area contributed by atoms with Gasteiger partial charge in [-0.05, 0) is 20.3 Å². The van der Waals surface area contributed by atoms with E-state index in [0.29, 0.717) is 6.42 Å². The first-order valence-corrected chi connectivity index (χ1v) is 5.57. The highest BCUT2D eigenvalue weighted by Crippen LogP contribution is 2.11. The summed E-state index contributed by atoms with van der Waals surface area (Å²) in [4.78, 5) is 23.0. The van der Waals surface area contributed by atoms with Gasteiger partial charge in [0, 0.05) is 6.42 Å². The van der Waals surface area contributed by atoms with Gasteiger partial charge in [0.15, 0.2) is 5.92 Å². The maximum absolute atomic E-state index is 11.5. The Morgan fingerprint density at radius 2 is 1.65 bits per heavy atom. The van der Waals surface area contributed by atoms with Crippen LogP contribution in [0.1, 0.15) is 26.7 Å². The van der Waals surface area contributed by atoms with Gasteiger partial charge in [-0.25, -0.2) is 0 Å². The van der Waals surface area contributed by atoms with Crippen LogP contribution in [0.2, 0.25) is 0 Å². The lowest BCUT2D eigenvalue weighted by molar-refractivity contribution is -0.161. The molecule has 1 N–H and O–H groups in total. The Labute approximate surface area is 101 Å². The van der Waals surface area contributed by atoms with Crippen molar-refractivity contribution in [3.8, 4) is 11.8 Å². The monoisotopic (exact) mass is 242 g/mol. The van der Waals surface area contributed by atoms with Crippen molar-refractivity contribution in [2.45, 2.75) is 26.7 Å².